The van der Waals surface area contributed by atoms with Crippen LogP contribution in [0.4, 0.5) is 0 Å². The summed E-state index contributed by atoms with van der Waals surface area (Å²) in [6, 6.07) is 13.3. The number of nitrogens with zero attached hydrogens (tertiary/aromatic N) is 2. The minimum atomic E-state index is 0.188. The summed E-state index contributed by atoms with van der Waals surface area (Å²) in [6.45, 7) is 2.80. The van der Waals surface area contributed by atoms with Gasteiger partial charge in [-0.05, 0) is 43.4 Å². The number of benzene rings is 1. The van der Waals surface area contributed by atoms with Gasteiger partial charge in [-0.25, -0.2) is 0 Å². The zero-order valence-corrected chi connectivity index (χ0v) is 14.3. The lowest BCUT2D eigenvalue weighted by molar-refractivity contribution is 0.0554. The molecule has 2 atom stereocenters. The summed E-state index contributed by atoms with van der Waals surface area (Å²) in [6.07, 6.45) is 2.25. The number of hydrogen-bond donors (Lipinski definition) is 0. The highest BCUT2D eigenvalue weighted by molar-refractivity contribution is 7.08. The molecule has 1 aromatic heterocycles. The Labute approximate surface area is 141 Å². The fourth-order valence-electron chi connectivity index (χ4n) is 4.36. The molecule has 2 saturated heterocycles. The maximum Gasteiger partial charge on any atom is 0.254 e. The van der Waals surface area contributed by atoms with Crippen LogP contribution in [0.15, 0.2) is 47.2 Å². The van der Waals surface area contributed by atoms with Crippen molar-refractivity contribution < 1.29 is 4.79 Å². The quantitative estimate of drug-likeness (QED) is 0.846. The molecular formula is C19H22N2OS. The van der Waals surface area contributed by atoms with Crippen LogP contribution in [0.2, 0.25) is 0 Å². The third kappa shape index (κ3) is 2.41. The molecule has 0 spiro atoms. The van der Waals surface area contributed by atoms with Gasteiger partial charge in [0.25, 0.3) is 5.91 Å². The van der Waals surface area contributed by atoms with Crippen LogP contribution in [0.5, 0.6) is 0 Å². The second-order valence-electron chi connectivity index (χ2n) is 6.78. The van der Waals surface area contributed by atoms with Gasteiger partial charge >= 0.3 is 0 Å². The number of piperidine rings is 1. The molecule has 23 heavy (non-hydrogen) atoms. The van der Waals surface area contributed by atoms with Crippen molar-refractivity contribution in [1.82, 2.24) is 9.80 Å². The molecule has 4 rings (SSSR count). The van der Waals surface area contributed by atoms with Gasteiger partial charge in [-0.2, -0.15) is 11.3 Å². The zero-order valence-electron chi connectivity index (χ0n) is 13.4. The van der Waals surface area contributed by atoms with Crippen molar-refractivity contribution in [3.63, 3.8) is 0 Å². The van der Waals surface area contributed by atoms with Crippen LogP contribution < -0.4 is 0 Å². The van der Waals surface area contributed by atoms with E-state index in [0.717, 1.165) is 31.6 Å². The first kappa shape index (κ1) is 14.9. The highest BCUT2D eigenvalue weighted by atomic mass is 32.1. The fraction of sp³-hybridized carbons (Fsp3) is 0.421. The Morgan fingerprint density at radius 3 is 2.70 bits per heavy atom. The normalized spacial score (nSPS) is 27.9. The smallest absolute Gasteiger partial charge is 0.254 e. The van der Waals surface area contributed by atoms with Crippen LogP contribution in [0.3, 0.4) is 0 Å². The van der Waals surface area contributed by atoms with Gasteiger partial charge in [-0.3, -0.25) is 4.79 Å². The van der Waals surface area contributed by atoms with E-state index in [1.807, 2.05) is 16.8 Å². The molecular weight excluding hydrogens is 304 g/mol. The number of amides is 1. The summed E-state index contributed by atoms with van der Waals surface area (Å²) in [7, 11) is 2.20. The lowest BCUT2D eigenvalue weighted by Gasteiger charge is -2.46. The van der Waals surface area contributed by atoms with Crippen molar-refractivity contribution in [2.24, 2.45) is 0 Å². The predicted molar refractivity (Wildman–Crippen MR) is 94.0 cm³/mol. The van der Waals surface area contributed by atoms with Gasteiger partial charge in [0.1, 0.15) is 0 Å². The number of likely N-dealkylation sites (N-methyl/N-ethyl adjacent to an activating group) is 1. The molecule has 2 aliphatic rings. The third-order valence-corrected chi connectivity index (χ3v) is 6.39. The van der Waals surface area contributed by atoms with Crippen LogP contribution in [0, 0.1) is 0 Å². The minimum Gasteiger partial charge on any atom is -0.337 e. The molecule has 4 heteroatoms. The number of fused-ring (bicyclic) bond motifs is 1. The first-order chi connectivity index (χ1) is 11.2. The summed E-state index contributed by atoms with van der Waals surface area (Å²) >= 11 is 1.59. The highest BCUT2D eigenvalue weighted by Gasteiger charge is 2.50. The van der Waals surface area contributed by atoms with Crippen molar-refractivity contribution in [3.05, 3.63) is 58.3 Å². The Kier molecular flexibility index (Phi) is 3.74. The second kappa shape index (κ2) is 5.77. The number of carbonyl (C=O) groups excluding carboxylic acids is 1. The molecule has 0 bridgehead atoms. The van der Waals surface area contributed by atoms with Crippen LogP contribution in [0.1, 0.15) is 28.8 Å². The molecule has 0 radical (unpaired) electrons. The molecule has 0 unspecified atom stereocenters. The lowest BCUT2D eigenvalue weighted by Crippen LogP contribution is -2.56. The van der Waals surface area contributed by atoms with Gasteiger partial charge < -0.3 is 9.80 Å². The first-order valence-electron chi connectivity index (χ1n) is 8.28. The molecule has 2 fully saturated rings. The van der Waals surface area contributed by atoms with E-state index in [9.17, 15) is 4.79 Å². The Hall–Kier alpha value is -1.65. The molecule has 0 saturated carbocycles. The van der Waals surface area contributed by atoms with E-state index in [2.05, 4.69) is 47.2 Å². The van der Waals surface area contributed by atoms with Gasteiger partial charge in [0.05, 0.1) is 5.56 Å². The fourth-order valence-corrected chi connectivity index (χ4v) is 4.99. The SMILES string of the molecule is CN1CC[C@]2(c3ccccc3)CCN(C(=O)c3ccsc3)C[C@@H]12. The van der Waals surface area contributed by atoms with E-state index in [-0.39, 0.29) is 11.3 Å². The highest BCUT2D eigenvalue weighted by Crippen LogP contribution is 2.45. The number of thiophene rings is 1. The van der Waals surface area contributed by atoms with E-state index in [1.54, 1.807) is 11.3 Å². The van der Waals surface area contributed by atoms with Crippen molar-refractivity contribution in [3.8, 4) is 0 Å². The molecule has 0 N–H and O–H groups in total. The molecule has 3 nitrogen and oxygen atoms in total. The van der Waals surface area contributed by atoms with Crippen LogP contribution in [0.25, 0.3) is 0 Å². The molecule has 120 valence electrons. The van der Waals surface area contributed by atoms with E-state index < -0.39 is 0 Å². The van der Waals surface area contributed by atoms with Crippen molar-refractivity contribution in [2.75, 3.05) is 26.7 Å². The van der Waals surface area contributed by atoms with Gasteiger partial charge in [-0.1, -0.05) is 30.3 Å². The van der Waals surface area contributed by atoms with Crippen molar-refractivity contribution in [1.29, 1.82) is 0 Å². The standard InChI is InChI=1S/C19H22N2OS/c1-20-10-8-19(16-5-3-2-4-6-16)9-11-21(13-17(19)20)18(22)15-7-12-23-14-15/h2-7,12,14,17H,8-11,13H2,1H3/t17-,19-/m1/s1. The van der Waals surface area contributed by atoms with Gasteiger partial charge in [-0.15, -0.1) is 0 Å². The van der Waals surface area contributed by atoms with Crippen molar-refractivity contribution >= 4 is 17.2 Å². The molecule has 3 heterocycles. The second-order valence-corrected chi connectivity index (χ2v) is 7.56. The summed E-state index contributed by atoms with van der Waals surface area (Å²) < 4.78 is 0. The van der Waals surface area contributed by atoms with Gasteiger partial charge in [0, 0.05) is 29.9 Å². The van der Waals surface area contributed by atoms with E-state index in [1.165, 1.54) is 12.0 Å². The largest absolute Gasteiger partial charge is 0.337 e. The average molecular weight is 326 g/mol. The lowest BCUT2D eigenvalue weighted by atomic mass is 9.69. The summed E-state index contributed by atoms with van der Waals surface area (Å²) in [4.78, 5) is 17.2. The number of hydrogen-bond acceptors (Lipinski definition) is 3. The van der Waals surface area contributed by atoms with Crippen molar-refractivity contribution in [2.45, 2.75) is 24.3 Å². The van der Waals surface area contributed by atoms with E-state index >= 15 is 0 Å². The molecule has 2 aliphatic heterocycles. The van der Waals surface area contributed by atoms with E-state index in [4.69, 9.17) is 0 Å². The minimum absolute atomic E-state index is 0.188. The first-order valence-corrected chi connectivity index (χ1v) is 9.22. The molecule has 0 aliphatic carbocycles. The molecule has 1 amide bonds. The van der Waals surface area contributed by atoms with Crippen LogP contribution in [-0.4, -0.2) is 48.4 Å². The summed E-state index contributed by atoms with van der Waals surface area (Å²) in [5.41, 5.74) is 2.49. The maximum atomic E-state index is 12.7. The average Bonchev–Trinajstić information content (AvgIpc) is 3.24. The van der Waals surface area contributed by atoms with Gasteiger partial charge in [0.2, 0.25) is 0 Å². The third-order valence-electron chi connectivity index (χ3n) is 5.71. The van der Waals surface area contributed by atoms with Gasteiger partial charge in [0.15, 0.2) is 0 Å². The number of rotatable bonds is 2. The monoisotopic (exact) mass is 326 g/mol. The summed E-state index contributed by atoms with van der Waals surface area (Å²) in [5.74, 6) is 0.188. The maximum absolute atomic E-state index is 12.7. The van der Waals surface area contributed by atoms with Crippen LogP contribution in [-0.2, 0) is 5.41 Å². The Balaban J connectivity index is 1.62. The summed E-state index contributed by atoms with van der Waals surface area (Å²) in [5, 5.41) is 3.94. The Bertz CT molecular complexity index is 685. The van der Waals surface area contributed by atoms with E-state index in [0.29, 0.717) is 6.04 Å². The topological polar surface area (TPSA) is 23.6 Å². The zero-order chi connectivity index (χ0) is 15.9. The molecule has 1 aromatic carbocycles. The molecule has 2 aromatic rings. The Morgan fingerprint density at radius 2 is 1.96 bits per heavy atom. The van der Waals surface area contributed by atoms with Crippen LogP contribution >= 0.6 is 11.3 Å². The Morgan fingerprint density at radius 1 is 1.17 bits per heavy atom. The number of likely N-dealkylation sites (tertiary alicyclic amines) is 2. The number of carbonyl (C=O) groups is 1. The predicted octanol–water partition coefficient (Wildman–Crippen LogP) is 3.24.